The van der Waals surface area contributed by atoms with Crippen molar-refractivity contribution in [3.05, 3.63) is 22.5 Å². The molecule has 1 aromatic heterocycles. The van der Waals surface area contributed by atoms with E-state index in [0.717, 1.165) is 0 Å². The van der Waals surface area contributed by atoms with Crippen molar-refractivity contribution < 1.29 is 4.85 Å². The van der Waals surface area contributed by atoms with Crippen LogP contribution in [-0.2, 0) is 0 Å². The van der Waals surface area contributed by atoms with Gasteiger partial charge in [0.1, 0.15) is 0 Å². The van der Waals surface area contributed by atoms with Gasteiger partial charge in [0, 0.05) is 6.07 Å². The molecule has 0 atom stereocenters. The van der Waals surface area contributed by atoms with Crippen molar-refractivity contribution in [3.8, 4) is 0 Å². The molecule has 0 aliphatic heterocycles. The molecule has 5 heteroatoms. The van der Waals surface area contributed by atoms with Crippen LogP contribution < -0.4 is 10.6 Å². The summed E-state index contributed by atoms with van der Waals surface area (Å²) in [6.45, 7) is 0. The number of nitrogens with two attached hydrogens (primary N) is 1. The maximum Gasteiger partial charge on any atom is 0.296 e. The van der Waals surface area contributed by atoms with E-state index in [1.54, 1.807) is 0 Å². The molecule has 0 aliphatic carbocycles. The van der Waals surface area contributed by atoms with E-state index in [-0.39, 0.29) is 15.8 Å². The normalized spacial score (nSPS) is 9.44. The highest BCUT2D eigenvalue weighted by atomic mass is 35.5. The van der Waals surface area contributed by atoms with E-state index in [1.165, 1.54) is 12.1 Å². The molecule has 9 heavy (non-hydrogen) atoms. The van der Waals surface area contributed by atoms with Crippen LogP contribution in [0, 0.1) is 5.21 Å². The number of hydrogen-bond acceptors (Lipinski definition) is 3. The average molecular weight is 146 g/mol. The molecule has 0 unspecified atom stereocenters. The molecule has 0 amide bonds. The van der Waals surface area contributed by atoms with Crippen LogP contribution in [0.5, 0.6) is 0 Å². The van der Waals surface area contributed by atoms with E-state index in [1.807, 2.05) is 0 Å². The third-order valence-corrected chi connectivity index (χ3v) is 1.00. The maximum atomic E-state index is 10.4. The highest BCUT2D eigenvalue weighted by Crippen LogP contribution is 2.00. The summed E-state index contributed by atoms with van der Waals surface area (Å²) in [7, 11) is 0. The molecule has 48 valence electrons. The van der Waals surface area contributed by atoms with Crippen LogP contribution in [0.15, 0.2) is 12.1 Å². The molecule has 4 nitrogen and oxygen atoms in total. The van der Waals surface area contributed by atoms with E-state index in [0.29, 0.717) is 0 Å². The van der Waals surface area contributed by atoms with E-state index in [9.17, 15) is 5.21 Å². The number of anilines is 1. The van der Waals surface area contributed by atoms with Gasteiger partial charge in [0.05, 0.1) is 0 Å². The molecule has 1 heterocycles. The number of aromatic nitrogens is 2. The summed E-state index contributed by atoms with van der Waals surface area (Å²) in [5.74, 6) is 0.0411. The molecule has 0 saturated heterocycles. The van der Waals surface area contributed by atoms with E-state index in [2.05, 4.69) is 5.10 Å². The van der Waals surface area contributed by atoms with Crippen molar-refractivity contribution in [2.75, 3.05) is 5.73 Å². The van der Waals surface area contributed by atoms with Gasteiger partial charge in [0.15, 0.2) is 5.15 Å². The van der Waals surface area contributed by atoms with E-state index >= 15 is 0 Å². The Kier molecular flexibility index (Phi) is 1.40. The van der Waals surface area contributed by atoms with Crippen LogP contribution in [0.4, 0.5) is 5.82 Å². The standard InChI is InChI=1S/C4H4ClN3O/c5-3-1-2-4(6)8(9)7-3/h1-2H,6H2. The molecular formula is C4H4ClN3O. The molecule has 0 aromatic carbocycles. The van der Waals surface area contributed by atoms with Gasteiger partial charge >= 0.3 is 0 Å². The highest BCUT2D eigenvalue weighted by molar-refractivity contribution is 6.29. The van der Waals surface area contributed by atoms with Crippen molar-refractivity contribution in [2.45, 2.75) is 0 Å². The van der Waals surface area contributed by atoms with Gasteiger partial charge in [-0.3, -0.25) is 5.73 Å². The van der Waals surface area contributed by atoms with E-state index in [4.69, 9.17) is 17.3 Å². The van der Waals surface area contributed by atoms with Gasteiger partial charge in [-0.05, 0) is 6.07 Å². The monoisotopic (exact) mass is 145 g/mol. The lowest BCUT2D eigenvalue weighted by atomic mass is 10.5. The first-order chi connectivity index (χ1) is 4.20. The van der Waals surface area contributed by atoms with E-state index < -0.39 is 0 Å². The lowest BCUT2D eigenvalue weighted by molar-refractivity contribution is -0.654. The largest absolute Gasteiger partial charge is 0.691 e. The summed E-state index contributed by atoms with van der Waals surface area (Å²) in [5.41, 5.74) is 5.12. The van der Waals surface area contributed by atoms with Crippen molar-refractivity contribution in [1.82, 2.24) is 5.10 Å². The van der Waals surface area contributed by atoms with Gasteiger partial charge in [0.25, 0.3) is 5.82 Å². The van der Waals surface area contributed by atoms with Crippen LogP contribution >= 0.6 is 11.6 Å². The molecule has 2 N–H and O–H groups in total. The quantitative estimate of drug-likeness (QED) is 0.411. The Hall–Kier alpha value is -1.03. The minimum Gasteiger partial charge on any atom is -0.691 e. The number of nitrogens with zero attached hydrogens (tertiary/aromatic N) is 2. The predicted molar refractivity (Wildman–Crippen MR) is 32.6 cm³/mol. The van der Waals surface area contributed by atoms with Crippen LogP contribution in [0.3, 0.4) is 0 Å². The fourth-order valence-corrected chi connectivity index (χ4v) is 0.527. The lowest BCUT2D eigenvalue weighted by Gasteiger charge is -1.99. The fraction of sp³-hybridized carbons (Fsp3) is 0. The van der Waals surface area contributed by atoms with Gasteiger partial charge < -0.3 is 5.21 Å². The van der Waals surface area contributed by atoms with Crippen LogP contribution in [0.1, 0.15) is 0 Å². The van der Waals surface area contributed by atoms with Crippen molar-refractivity contribution in [1.29, 1.82) is 0 Å². The minimum absolute atomic E-state index is 0.0411. The fourth-order valence-electron chi connectivity index (χ4n) is 0.396. The Morgan fingerprint density at radius 1 is 1.67 bits per heavy atom. The summed E-state index contributed by atoms with van der Waals surface area (Å²) in [5, 5.41) is 13.8. The van der Waals surface area contributed by atoms with Crippen molar-refractivity contribution >= 4 is 17.4 Å². The molecule has 0 bridgehead atoms. The Labute approximate surface area is 56.4 Å². The van der Waals surface area contributed by atoms with Gasteiger partial charge in [-0.2, -0.15) is 0 Å². The van der Waals surface area contributed by atoms with Crippen molar-refractivity contribution in [3.63, 3.8) is 0 Å². The topological polar surface area (TPSA) is 65.8 Å². The Balaban J connectivity index is 3.17. The predicted octanol–water partition coefficient (Wildman–Crippen LogP) is -0.0494. The SMILES string of the molecule is Nc1ccc(Cl)n[n+]1[O-]. The van der Waals surface area contributed by atoms with Gasteiger partial charge in [0.2, 0.25) is 0 Å². The number of nitrogen functional groups attached to an aromatic ring is 1. The van der Waals surface area contributed by atoms with Crippen molar-refractivity contribution in [2.24, 2.45) is 0 Å². The number of halogens is 1. The molecule has 0 fully saturated rings. The maximum absolute atomic E-state index is 10.4. The van der Waals surface area contributed by atoms with Gasteiger partial charge in [-0.15, -0.1) is 4.85 Å². The third kappa shape index (κ3) is 1.20. The Morgan fingerprint density at radius 2 is 2.33 bits per heavy atom. The second kappa shape index (κ2) is 2.06. The lowest BCUT2D eigenvalue weighted by Crippen LogP contribution is -2.34. The zero-order valence-electron chi connectivity index (χ0n) is 4.41. The molecule has 0 radical (unpaired) electrons. The van der Waals surface area contributed by atoms with Crippen LogP contribution in [0.25, 0.3) is 0 Å². The number of rotatable bonds is 0. The molecule has 1 aromatic rings. The summed E-state index contributed by atoms with van der Waals surface area (Å²) in [6, 6.07) is 2.84. The zero-order chi connectivity index (χ0) is 6.85. The Bertz CT molecular complexity index is 227. The molecule has 0 aliphatic rings. The second-order valence-electron chi connectivity index (χ2n) is 1.45. The summed E-state index contributed by atoms with van der Waals surface area (Å²) in [6.07, 6.45) is 0. The first kappa shape index (κ1) is 6.10. The second-order valence-corrected chi connectivity index (χ2v) is 1.84. The summed E-state index contributed by atoms with van der Waals surface area (Å²) in [4.78, 5) is 0.266. The third-order valence-electron chi connectivity index (χ3n) is 0.799. The number of hydrogen-bond donors (Lipinski definition) is 1. The molecule has 1 rings (SSSR count). The first-order valence-electron chi connectivity index (χ1n) is 2.22. The van der Waals surface area contributed by atoms with Gasteiger partial charge in [-0.25, -0.2) is 0 Å². The molecule has 0 saturated carbocycles. The first-order valence-corrected chi connectivity index (χ1v) is 2.60. The minimum atomic E-state index is 0.0411. The average Bonchev–Trinajstić information content (AvgIpc) is 1.80. The molecular weight excluding hydrogens is 142 g/mol. The zero-order valence-corrected chi connectivity index (χ0v) is 5.17. The van der Waals surface area contributed by atoms with Crippen LogP contribution in [0.2, 0.25) is 5.15 Å². The highest BCUT2D eigenvalue weighted by Gasteiger charge is 1.96. The summed E-state index contributed by atoms with van der Waals surface area (Å²) >= 11 is 5.33. The smallest absolute Gasteiger partial charge is 0.296 e. The molecule has 0 spiro atoms. The van der Waals surface area contributed by atoms with Crippen LogP contribution in [-0.4, -0.2) is 5.10 Å². The van der Waals surface area contributed by atoms with Gasteiger partial charge in [-0.1, -0.05) is 16.7 Å². The Morgan fingerprint density at radius 3 is 2.78 bits per heavy atom. The summed E-state index contributed by atoms with van der Waals surface area (Å²) < 4.78 is 0.